The number of rotatable bonds is 9. The van der Waals surface area contributed by atoms with Crippen LogP contribution in [0.4, 0.5) is 11.4 Å². The van der Waals surface area contributed by atoms with Gasteiger partial charge in [0.05, 0.1) is 16.1 Å². The summed E-state index contributed by atoms with van der Waals surface area (Å²) in [5.74, 6) is -0.376. The second-order valence-corrected chi connectivity index (χ2v) is 9.83. The van der Waals surface area contributed by atoms with Crippen molar-refractivity contribution >= 4 is 27.4 Å². The number of carbonyl (C=O) groups is 1. The van der Waals surface area contributed by atoms with Gasteiger partial charge in [0.25, 0.3) is 10.0 Å². The van der Waals surface area contributed by atoms with Gasteiger partial charge in [-0.3, -0.25) is 4.72 Å². The molecule has 0 amide bonds. The monoisotopic (exact) mass is 418 g/mol. The SMILES string of the molecule is Cc1ccc(S(=O)(=O)Nc2ccc(N(CC(C)C)CC(C)C)c(C(=O)O)c2)cc1. The minimum atomic E-state index is -3.80. The lowest BCUT2D eigenvalue weighted by Crippen LogP contribution is -2.32. The number of nitrogens with zero attached hydrogens (tertiary/aromatic N) is 1. The lowest BCUT2D eigenvalue weighted by Gasteiger charge is -2.30. The van der Waals surface area contributed by atoms with E-state index in [0.29, 0.717) is 30.6 Å². The van der Waals surface area contributed by atoms with E-state index in [1.807, 2.05) is 6.92 Å². The summed E-state index contributed by atoms with van der Waals surface area (Å²) >= 11 is 0. The van der Waals surface area contributed by atoms with Gasteiger partial charge in [-0.25, -0.2) is 13.2 Å². The Morgan fingerprint density at radius 3 is 2.03 bits per heavy atom. The number of hydrogen-bond acceptors (Lipinski definition) is 4. The van der Waals surface area contributed by atoms with Crippen LogP contribution in [0.5, 0.6) is 0 Å². The minimum Gasteiger partial charge on any atom is -0.478 e. The predicted molar refractivity (Wildman–Crippen MR) is 117 cm³/mol. The summed E-state index contributed by atoms with van der Waals surface area (Å²) < 4.78 is 27.8. The van der Waals surface area contributed by atoms with E-state index < -0.39 is 16.0 Å². The molecule has 0 aliphatic rings. The number of aryl methyl sites for hydroxylation is 1. The molecule has 0 aliphatic carbocycles. The van der Waals surface area contributed by atoms with Crippen LogP contribution >= 0.6 is 0 Å². The Kier molecular flexibility index (Phi) is 7.30. The Labute approximate surface area is 173 Å². The summed E-state index contributed by atoms with van der Waals surface area (Å²) in [6, 6.07) is 11.2. The highest BCUT2D eigenvalue weighted by Crippen LogP contribution is 2.27. The number of anilines is 2. The van der Waals surface area contributed by atoms with Crippen LogP contribution in [0.15, 0.2) is 47.4 Å². The van der Waals surface area contributed by atoms with Crippen LogP contribution in [0, 0.1) is 18.8 Å². The molecule has 0 fully saturated rings. The Morgan fingerprint density at radius 2 is 1.55 bits per heavy atom. The minimum absolute atomic E-state index is 0.0791. The average molecular weight is 419 g/mol. The van der Waals surface area contributed by atoms with Gasteiger partial charge in [0.15, 0.2) is 0 Å². The quantitative estimate of drug-likeness (QED) is 0.621. The zero-order valence-corrected chi connectivity index (χ0v) is 18.5. The molecule has 0 atom stereocenters. The van der Waals surface area contributed by atoms with Crippen molar-refractivity contribution < 1.29 is 18.3 Å². The Hall–Kier alpha value is -2.54. The summed E-state index contributed by atoms with van der Waals surface area (Å²) in [7, 11) is -3.80. The van der Waals surface area contributed by atoms with Crippen molar-refractivity contribution in [2.45, 2.75) is 39.5 Å². The fourth-order valence-corrected chi connectivity index (χ4v) is 4.18. The fraction of sp³-hybridized carbons (Fsp3) is 0.409. The third kappa shape index (κ3) is 6.22. The summed E-state index contributed by atoms with van der Waals surface area (Å²) in [5.41, 5.74) is 1.85. The largest absolute Gasteiger partial charge is 0.478 e. The van der Waals surface area contributed by atoms with Crippen molar-refractivity contribution in [3.63, 3.8) is 0 Å². The van der Waals surface area contributed by atoms with E-state index in [2.05, 4.69) is 37.3 Å². The molecule has 0 spiro atoms. The van der Waals surface area contributed by atoms with Gasteiger partial charge in [0.1, 0.15) is 0 Å². The van der Waals surface area contributed by atoms with Crippen molar-refractivity contribution in [1.29, 1.82) is 0 Å². The maximum atomic E-state index is 12.6. The highest BCUT2D eigenvalue weighted by Gasteiger charge is 2.21. The zero-order chi connectivity index (χ0) is 21.8. The number of carboxylic acids is 1. The van der Waals surface area contributed by atoms with Crippen LogP contribution < -0.4 is 9.62 Å². The Balaban J connectivity index is 2.40. The van der Waals surface area contributed by atoms with Crippen LogP contribution in [0.25, 0.3) is 0 Å². The van der Waals surface area contributed by atoms with E-state index in [4.69, 9.17) is 0 Å². The Bertz CT molecular complexity index is 941. The van der Waals surface area contributed by atoms with Crippen molar-refractivity contribution in [1.82, 2.24) is 0 Å². The molecule has 0 radical (unpaired) electrons. The van der Waals surface area contributed by atoms with Gasteiger partial charge in [-0.2, -0.15) is 0 Å². The molecule has 2 N–H and O–H groups in total. The topological polar surface area (TPSA) is 86.7 Å². The maximum Gasteiger partial charge on any atom is 0.337 e. The molecule has 158 valence electrons. The second-order valence-electron chi connectivity index (χ2n) is 8.15. The number of aromatic carboxylic acids is 1. The zero-order valence-electron chi connectivity index (χ0n) is 17.6. The first kappa shape index (κ1) is 22.7. The molecule has 0 saturated carbocycles. The van der Waals surface area contributed by atoms with Gasteiger partial charge in [-0.15, -0.1) is 0 Å². The third-order valence-corrected chi connectivity index (χ3v) is 5.72. The first-order valence-electron chi connectivity index (χ1n) is 9.71. The van der Waals surface area contributed by atoms with E-state index in [-0.39, 0.29) is 16.1 Å². The van der Waals surface area contributed by atoms with E-state index in [1.54, 1.807) is 24.3 Å². The molecular weight excluding hydrogens is 388 g/mol. The van der Waals surface area contributed by atoms with Crippen molar-refractivity contribution in [3.05, 3.63) is 53.6 Å². The van der Waals surface area contributed by atoms with Gasteiger partial charge in [0, 0.05) is 18.8 Å². The number of benzene rings is 2. The van der Waals surface area contributed by atoms with Crippen LogP contribution in [-0.2, 0) is 10.0 Å². The van der Waals surface area contributed by atoms with Gasteiger partial charge in [-0.1, -0.05) is 45.4 Å². The molecule has 6 nitrogen and oxygen atoms in total. The standard InChI is InChI=1S/C22H30N2O4S/c1-15(2)13-24(14-16(3)4)21-11-8-18(12-20(21)22(25)26)23-29(27,28)19-9-6-17(5)7-10-19/h6-12,15-16,23H,13-14H2,1-5H3,(H,25,26). The molecule has 0 heterocycles. The third-order valence-electron chi connectivity index (χ3n) is 4.32. The maximum absolute atomic E-state index is 12.6. The summed E-state index contributed by atoms with van der Waals surface area (Å²) in [6.07, 6.45) is 0. The molecule has 7 heteroatoms. The van der Waals surface area contributed by atoms with Crippen molar-refractivity contribution in [3.8, 4) is 0 Å². The number of carboxylic acid groups (broad SMARTS) is 1. The second kappa shape index (κ2) is 9.31. The van der Waals surface area contributed by atoms with Gasteiger partial charge >= 0.3 is 5.97 Å². The van der Waals surface area contributed by atoms with Gasteiger partial charge in [0.2, 0.25) is 0 Å². The van der Waals surface area contributed by atoms with E-state index >= 15 is 0 Å². The highest BCUT2D eigenvalue weighted by atomic mass is 32.2. The molecule has 0 aliphatic heterocycles. The van der Waals surface area contributed by atoms with Gasteiger partial charge in [-0.05, 0) is 49.1 Å². The molecule has 0 aromatic heterocycles. The Morgan fingerprint density at radius 1 is 1.00 bits per heavy atom. The van der Waals surface area contributed by atoms with E-state index in [1.165, 1.54) is 18.2 Å². The first-order valence-corrected chi connectivity index (χ1v) is 11.2. The summed E-state index contributed by atoms with van der Waals surface area (Å²) in [4.78, 5) is 14.1. The highest BCUT2D eigenvalue weighted by molar-refractivity contribution is 7.92. The number of hydrogen-bond donors (Lipinski definition) is 2. The number of sulfonamides is 1. The van der Waals surface area contributed by atoms with Crippen LogP contribution in [0.1, 0.15) is 43.6 Å². The summed E-state index contributed by atoms with van der Waals surface area (Å²) in [5, 5.41) is 9.75. The summed E-state index contributed by atoms with van der Waals surface area (Å²) in [6.45, 7) is 11.6. The van der Waals surface area contributed by atoms with Crippen molar-refractivity contribution in [2.75, 3.05) is 22.7 Å². The van der Waals surface area contributed by atoms with E-state index in [9.17, 15) is 18.3 Å². The molecule has 2 rings (SSSR count). The molecule has 29 heavy (non-hydrogen) atoms. The number of nitrogens with one attached hydrogen (secondary N) is 1. The first-order chi connectivity index (χ1) is 13.5. The van der Waals surface area contributed by atoms with Gasteiger partial charge < -0.3 is 10.0 Å². The van der Waals surface area contributed by atoms with Crippen LogP contribution in [-0.4, -0.2) is 32.6 Å². The van der Waals surface area contributed by atoms with Crippen molar-refractivity contribution in [2.24, 2.45) is 11.8 Å². The lowest BCUT2D eigenvalue weighted by molar-refractivity contribution is 0.0697. The average Bonchev–Trinajstić information content (AvgIpc) is 2.60. The molecule has 2 aromatic carbocycles. The molecule has 2 aromatic rings. The smallest absolute Gasteiger partial charge is 0.337 e. The molecule has 0 unspecified atom stereocenters. The predicted octanol–water partition coefficient (Wildman–Crippen LogP) is 4.61. The van der Waals surface area contributed by atoms with Crippen LogP contribution in [0.3, 0.4) is 0 Å². The normalized spacial score (nSPS) is 11.7. The van der Waals surface area contributed by atoms with E-state index in [0.717, 1.165) is 5.56 Å². The van der Waals surface area contributed by atoms with Crippen LogP contribution in [0.2, 0.25) is 0 Å². The fourth-order valence-electron chi connectivity index (χ4n) is 3.13. The molecular formula is C22H30N2O4S. The molecule has 0 bridgehead atoms. The molecule has 0 saturated heterocycles. The lowest BCUT2D eigenvalue weighted by atomic mass is 10.1.